The van der Waals surface area contributed by atoms with Crippen LogP contribution in [0, 0.1) is 11.1 Å². The third-order valence-corrected chi connectivity index (χ3v) is 3.75. The lowest BCUT2D eigenvalue weighted by atomic mass is 10.2. The third kappa shape index (κ3) is 4.03. The quantitative estimate of drug-likeness (QED) is 0.362. The van der Waals surface area contributed by atoms with Crippen molar-refractivity contribution in [1.29, 1.82) is 0 Å². The Hall–Kier alpha value is -1.44. The van der Waals surface area contributed by atoms with Crippen LogP contribution in [0.1, 0.15) is 12.8 Å². The Bertz CT molecular complexity index is 491. The van der Waals surface area contributed by atoms with Crippen LogP contribution in [-0.4, -0.2) is 24.0 Å². The Morgan fingerprint density at radius 3 is 2.75 bits per heavy atom. The number of rotatable bonds is 5. The number of halogens is 3. The first-order valence-corrected chi connectivity index (χ1v) is 6.93. The molecular formula is C12H12F3NO3S. The van der Waals surface area contributed by atoms with Crippen molar-refractivity contribution in [2.75, 3.05) is 5.75 Å². The zero-order valence-corrected chi connectivity index (χ0v) is 11.1. The molecule has 0 aliphatic heterocycles. The first-order valence-electron chi connectivity index (χ1n) is 5.95. The van der Waals surface area contributed by atoms with Crippen molar-refractivity contribution < 1.29 is 27.4 Å². The molecule has 0 amide bonds. The topological polar surface area (TPSA) is 53.2 Å². The van der Waals surface area contributed by atoms with Crippen LogP contribution in [-0.2, 0) is 9.53 Å². The van der Waals surface area contributed by atoms with Gasteiger partial charge in [0, 0.05) is 18.1 Å². The van der Waals surface area contributed by atoms with Gasteiger partial charge in [-0.05, 0) is 30.7 Å². The molecule has 0 aromatic carbocycles. The number of aromatic nitrogens is 1. The summed E-state index contributed by atoms with van der Waals surface area (Å²) in [5.41, 5.74) is 0. The van der Waals surface area contributed by atoms with Gasteiger partial charge in [0.05, 0.1) is 0 Å². The van der Waals surface area contributed by atoms with Crippen molar-refractivity contribution in [1.82, 2.24) is 0 Å². The summed E-state index contributed by atoms with van der Waals surface area (Å²) in [6, 6.07) is 4.60. The molecule has 8 heteroatoms. The van der Waals surface area contributed by atoms with Crippen LogP contribution in [0.2, 0.25) is 0 Å². The highest BCUT2D eigenvalue weighted by atomic mass is 32.2. The van der Waals surface area contributed by atoms with E-state index in [1.54, 1.807) is 6.07 Å². The largest absolute Gasteiger partial charge is 0.618 e. The second kappa shape index (κ2) is 5.90. The molecule has 1 aromatic rings. The van der Waals surface area contributed by atoms with Crippen molar-refractivity contribution in [2.45, 2.75) is 30.1 Å². The summed E-state index contributed by atoms with van der Waals surface area (Å²) in [5, 5.41) is 11.5. The fourth-order valence-corrected chi connectivity index (χ4v) is 2.36. The number of esters is 1. The van der Waals surface area contributed by atoms with Gasteiger partial charge in [0.2, 0.25) is 0 Å². The molecule has 1 atom stereocenters. The van der Waals surface area contributed by atoms with Gasteiger partial charge in [0.25, 0.3) is 5.03 Å². The van der Waals surface area contributed by atoms with Gasteiger partial charge in [-0.1, -0.05) is 0 Å². The third-order valence-electron chi connectivity index (χ3n) is 2.76. The summed E-state index contributed by atoms with van der Waals surface area (Å²) in [6.07, 6.45) is -4.47. The van der Waals surface area contributed by atoms with Crippen LogP contribution in [0.15, 0.2) is 29.4 Å². The van der Waals surface area contributed by atoms with E-state index in [-0.39, 0.29) is 10.8 Å². The second-order valence-corrected chi connectivity index (χ2v) is 5.44. The predicted octanol–water partition coefficient (Wildman–Crippen LogP) is 2.30. The number of ether oxygens (including phenoxy) is 1. The molecule has 0 N–H and O–H groups in total. The normalized spacial score (nSPS) is 16.8. The zero-order chi connectivity index (χ0) is 14.8. The minimum absolute atomic E-state index is 0.236. The molecule has 1 saturated carbocycles. The number of hydrogen-bond donors (Lipinski definition) is 0. The number of pyridine rings is 1. The Labute approximate surface area is 117 Å². The molecule has 1 heterocycles. The summed E-state index contributed by atoms with van der Waals surface area (Å²) in [4.78, 5) is 11.5. The fraction of sp³-hybridized carbons (Fsp3) is 0.500. The first-order chi connectivity index (χ1) is 9.38. The lowest BCUT2D eigenvalue weighted by molar-refractivity contribution is -0.645. The van der Waals surface area contributed by atoms with Crippen LogP contribution >= 0.6 is 11.8 Å². The highest BCUT2D eigenvalue weighted by Gasteiger charge is 2.51. The van der Waals surface area contributed by atoms with Gasteiger partial charge in [-0.2, -0.15) is 17.9 Å². The van der Waals surface area contributed by atoms with Gasteiger partial charge in [0.1, 0.15) is 5.75 Å². The van der Waals surface area contributed by atoms with Gasteiger partial charge in [-0.3, -0.25) is 4.79 Å². The smallest absolute Gasteiger partial charge is 0.425 e. The summed E-state index contributed by atoms with van der Waals surface area (Å²) >= 11 is 0.848. The fourth-order valence-electron chi connectivity index (χ4n) is 1.66. The molecule has 1 aromatic heterocycles. The molecule has 20 heavy (non-hydrogen) atoms. The van der Waals surface area contributed by atoms with Gasteiger partial charge < -0.3 is 9.94 Å². The maximum atomic E-state index is 12.7. The summed E-state index contributed by atoms with van der Waals surface area (Å²) in [6.45, 7) is 0. The van der Waals surface area contributed by atoms with Gasteiger partial charge >= 0.3 is 12.1 Å². The Balaban J connectivity index is 1.87. The molecule has 0 spiro atoms. The van der Waals surface area contributed by atoms with Gasteiger partial charge in [-0.15, -0.1) is 0 Å². The monoisotopic (exact) mass is 307 g/mol. The van der Waals surface area contributed by atoms with E-state index in [0.717, 1.165) is 11.8 Å². The van der Waals surface area contributed by atoms with Crippen LogP contribution in [0.25, 0.3) is 0 Å². The SMILES string of the molecule is O=C(CSc1cccc[n+]1[O-])O[C@H](C1CC1)C(F)(F)F. The number of thioether (sulfide) groups is 1. The van der Waals surface area contributed by atoms with Crippen LogP contribution in [0.3, 0.4) is 0 Å². The average molecular weight is 307 g/mol. The molecule has 1 aliphatic carbocycles. The van der Waals surface area contributed by atoms with E-state index >= 15 is 0 Å². The summed E-state index contributed by atoms with van der Waals surface area (Å²) in [5.74, 6) is -1.91. The maximum absolute atomic E-state index is 12.7. The number of carbonyl (C=O) groups is 1. The minimum Gasteiger partial charge on any atom is -0.618 e. The van der Waals surface area contributed by atoms with Crippen molar-refractivity contribution >= 4 is 17.7 Å². The Morgan fingerprint density at radius 1 is 1.50 bits per heavy atom. The molecule has 110 valence electrons. The number of nitrogens with zero attached hydrogens (tertiary/aromatic N) is 1. The molecule has 0 unspecified atom stereocenters. The van der Waals surface area contributed by atoms with E-state index in [1.165, 1.54) is 18.3 Å². The highest BCUT2D eigenvalue weighted by molar-refractivity contribution is 7.99. The standard InChI is InChI=1S/C12H12F3NO3S/c13-12(14,15)11(8-4-5-8)19-10(17)7-20-9-3-1-2-6-16(9)18/h1-3,6,8,11H,4-5,7H2/t11-/m1/s1. The maximum Gasteiger partial charge on any atom is 0.425 e. The number of hydrogen-bond acceptors (Lipinski definition) is 4. The molecule has 0 bridgehead atoms. The molecule has 4 nitrogen and oxygen atoms in total. The van der Waals surface area contributed by atoms with Crippen molar-refractivity contribution in [3.63, 3.8) is 0 Å². The molecule has 0 saturated heterocycles. The van der Waals surface area contributed by atoms with E-state index in [9.17, 15) is 23.2 Å². The molecule has 1 fully saturated rings. The highest BCUT2D eigenvalue weighted by Crippen LogP contribution is 2.42. The molecule has 0 radical (unpaired) electrons. The summed E-state index contributed by atoms with van der Waals surface area (Å²) in [7, 11) is 0. The average Bonchev–Trinajstić information content (AvgIpc) is 3.18. The Morgan fingerprint density at radius 2 is 2.20 bits per heavy atom. The zero-order valence-electron chi connectivity index (χ0n) is 10.3. The van der Waals surface area contributed by atoms with Gasteiger partial charge in [-0.25, -0.2) is 0 Å². The van der Waals surface area contributed by atoms with Crippen LogP contribution in [0.5, 0.6) is 0 Å². The van der Waals surface area contributed by atoms with Crippen LogP contribution < -0.4 is 4.73 Å². The van der Waals surface area contributed by atoms with Crippen molar-refractivity contribution in [3.8, 4) is 0 Å². The van der Waals surface area contributed by atoms with Crippen LogP contribution in [0.4, 0.5) is 13.2 Å². The predicted molar refractivity (Wildman–Crippen MR) is 64.8 cm³/mol. The Kier molecular flexibility index (Phi) is 4.42. The minimum atomic E-state index is -4.54. The lowest BCUT2D eigenvalue weighted by Crippen LogP contribution is -2.36. The second-order valence-electron chi connectivity index (χ2n) is 4.44. The molecule has 1 aliphatic rings. The van der Waals surface area contributed by atoms with Gasteiger partial charge in [0.15, 0.2) is 12.3 Å². The van der Waals surface area contributed by atoms with E-state index in [4.69, 9.17) is 0 Å². The first kappa shape index (κ1) is 15.0. The van der Waals surface area contributed by atoms with Crippen molar-refractivity contribution in [2.24, 2.45) is 5.92 Å². The van der Waals surface area contributed by atoms with Crippen molar-refractivity contribution in [3.05, 3.63) is 29.6 Å². The van der Waals surface area contributed by atoms with E-state index in [0.29, 0.717) is 17.6 Å². The number of carbonyl (C=O) groups excluding carboxylic acids is 1. The number of alkyl halides is 3. The molecule has 2 rings (SSSR count). The lowest BCUT2D eigenvalue weighted by Gasteiger charge is -2.20. The van der Waals surface area contributed by atoms with E-state index in [2.05, 4.69) is 4.74 Å². The molecular weight excluding hydrogens is 295 g/mol. The van der Waals surface area contributed by atoms with E-state index < -0.39 is 24.2 Å². The summed E-state index contributed by atoms with van der Waals surface area (Å²) < 4.78 is 43.0. The van der Waals surface area contributed by atoms with E-state index in [1.807, 2.05) is 0 Å².